The van der Waals surface area contributed by atoms with Crippen LogP contribution >= 0.6 is 11.6 Å². The lowest BCUT2D eigenvalue weighted by Gasteiger charge is -2.18. The molecule has 0 radical (unpaired) electrons. The number of nitrogens with one attached hydrogen (secondary N) is 1. The van der Waals surface area contributed by atoms with Gasteiger partial charge in [0.25, 0.3) is 6.43 Å². The van der Waals surface area contributed by atoms with E-state index in [4.69, 9.17) is 16.7 Å². The molecule has 0 aliphatic heterocycles. The summed E-state index contributed by atoms with van der Waals surface area (Å²) >= 11 is 5.81. The maximum atomic E-state index is 12.8. The molecule has 2 nitrogen and oxygen atoms in total. The SMILES string of the molecule is CC(NCC(O)C(F)F)c1ccc(F)cc1Cl. The second-order valence-electron chi connectivity index (χ2n) is 3.70. The third kappa shape index (κ3) is 4.18. The largest absolute Gasteiger partial charge is 0.386 e. The number of aliphatic hydroxyl groups excluding tert-OH is 1. The van der Waals surface area contributed by atoms with Gasteiger partial charge in [-0.25, -0.2) is 13.2 Å². The van der Waals surface area contributed by atoms with E-state index in [1.807, 2.05) is 0 Å². The predicted octanol–water partition coefficient (Wildman–Crippen LogP) is 2.76. The molecular formula is C11H13ClF3NO. The van der Waals surface area contributed by atoms with E-state index in [1.54, 1.807) is 6.92 Å². The Morgan fingerprint density at radius 1 is 1.41 bits per heavy atom. The normalized spacial score (nSPS) is 15.0. The number of aliphatic hydroxyl groups is 1. The van der Waals surface area contributed by atoms with E-state index in [0.29, 0.717) is 5.56 Å². The first-order valence-corrected chi connectivity index (χ1v) is 5.44. The van der Waals surface area contributed by atoms with Crippen LogP contribution < -0.4 is 5.32 Å². The van der Waals surface area contributed by atoms with E-state index in [2.05, 4.69) is 5.32 Å². The Hall–Kier alpha value is -0.780. The fraction of sp³-hybridized carbons (Fsp3) is 0.455. The summed E-state index contributed by atoms with van der Waals surface area (Å²) in [5.41, 5.74) is 0.592. The van der Waals surface area contributed by atoms with Gasteiger partial charge in [0.1, 0.15) is 11.9 Å². The molecule has 2 N–H and O–H groups in total. The Kier molecular flexibility index (Phi) is 5.24. The van der Waals surface area contributed by atoms with Gasteiger partial charge < -0.3 is 10.4 Å². The summed E-state index contributed by atoms with van der Waals surface area (Å²) in [6.45, 7) is 1.43. The molecule has 0 saturated carbocycles. The summed E-state index contributed by atoms with van der Waals surface area (Å²) in [6.07, 6.45) is -4.52. The molecule has 1 aromatic rings. The zero-order valence-corrected chi connectivity index (χ0v) is 9.89. The maximum Gasteiger partial charge on any atom is 0.265 e. The van der Waals surface area contributed by atoms with Crippen molar-refractivity contribution < 1.29 is 18.3 Å². The van der Waals surface area contributed by atoms with Crippen molar-refractivity contribution in [1.82, 2.24) is 5.32 Å². The minimum atomic E-state index is -2.79. The molecule has 2 atom stereocenters. The topological polar surface area (TPSA) is 32.3 Å². The van der Waals surface area contributed by atoms with Gasteiger partial charge in [-0.3, -0.25) is 0 Å². The number of hydrogen-bond donors (Lipinski definition) is 2. The first-order valence-electron chi connectivity index (χ1n) is 5.06. The predicted molar refractivity (Wildman–Crippen MR) is 59.8 cm³/mol. The standard InChI is InChI=1S/C11H13ClF3NO/c1-6(16-5-10(17)11(14)15)8-3-2-7(13)4-9(8)12/h2-4,6,10-11,16-17H,5H2,1H3. The second-order valence-corrected chi connectivity index (χ2v) is 4.10. The number of rotatable bonds is 5. The Morgan fingerprint density at radius 2 is 2.06 bits per heavy atom. The lowest BCUT2D eigenvalue weighted by atomic mass is 10.1. The van der Waals surface area contributed by atoms with Gasteiger partial charge >= 0.3 is 0 Å². The lowest BCUT2D eigenvalue weighted by Crippen LogP contribution is -2.33. The minimum absolute atomic E-state index is 0.219. The van der Waals surface area contributed by atoms with Crippen LogP contribution in [0.3, 0.4) is 0 Å². The molecule has 1 aromatic carbocycles. The highest BCUT2D eigenvalue weighted by Crippen LogP contribution is 2.23. The first kappa shape index (κ1) is 14.3. The van der Waals surface area contributed by atoms with E-state index < -0.39 is 18.3 Å². The molecular weight excluding hydrogens is 255 g/mol. The fourth-order valence-electron chi connectivity index (χ4n) is 1.35. The average Bonchev–Trinajstić information content (AvgIpc) is 2.25. The number of hydrogen-bond acceptors (Lipinski definition) is 2. The Balaban J connectivity index is 2.61. The van der Waals surface area contributed by atoms with Crippen LogP contribution in [0.5, 0.6) is 0 Å². The van der Waals surface area contributed by atoms with Crippen molar-refractivity contribution >= 4 is 11.6 Å². The second kappa shape index (κ2) is 6.23. The molecule has 0 bridgehead atoms. The lowest BCUT2D eigenvalue weighted by molar-refractivity contribution is -0.00439. The van der Waals surface area contributed by atoms with Crippen molar-refractivity contribution in [1.29, 1.82) is 0 Å². The van der Waals surface area contributed by atoms with Gasteiger partial charge in [-0.15, -0.1) is 0 Å². The summed E-state index contributed by atoms with van der Waals surface area (Å²) < 4.78 is 36.9. The van der Waals surface area contributed by atoms with Crippen molar-refractivity contribution in [3.05, 3.63) is 34.6 Å². The van der Waals surface area contributed by atoms with Crippen molar-refractivity contribution in [2.24, 2.45) is 0 Å². The quantitative estimate of drug-likeness (QED) is 0.860. The first-order chi connectivity index (χ1) is 7.91. The van der Waals surface area contributed by atoms with Gasteiger partial charge in [0, 0.05) is 17.6 Å². The molecule has 6 heteroatoms. The molecule has 2 unspecified atom stereocenters. The van der Waals surface area contributed by atoms with Crippen LogP contribution in [0.15, 0.2) is 18.2 Å². The van der Waals surface area contributed by atoms with Crippen LogP contribution in [-0.4, -0.2) is 24.2 Å². The van der Waals surface area contributed by atoms with Crippen LogP contribution in [0.4, 0.5) is 13.2 Å². The Bertz CT molecular complexity index is 376. The summed E-state index contributed by atoms with van der Waals surface area (Å²) in [6, 6.07) is 3.52. The van der Waals surface area contributed by atoms with Crippen LogP contribution in [-0.2, 0) is 0 Å². The van der Waals surface area contributed by atoms with Crippen LogP contribution in [0.25, 0.3) is 0 Å². The van der Waals surface area contributed by atoms with Gasteiger partial charge in [-0.05, 0) is 24.6 Å². The number of alkyl halides is 2. The van der Waals surface area contributed by atoms with E-state index in [1.165, 1.54) is 12.1 Å². The van der Waals surface area contributed by atoms with Crippen molar-refractivity contribution in [2.45, 2.75) is 25.5 Å². The highest BCUT2D eigenvalue weighted by atomic mass is 35.5. The summed E-state index contributed by atoms with van der Waals surface area (Å²) in [7, 11) is 0. The monoisotopic (exact) mass is 267 g/mol. The molecule has 0 aliphatic rings. The van der Waals surface area contributed by atoms with E-state index >= 15 is 0 Å². The molecule has 0 aliphatic carbocycles. The van der Waals surface area contributed by atoms with Gasteiger partial charge in [0.2, 0.25) is 0 Å². The molecule has 0 amide bonds. The maximum absolute atomic E-state index is 12.8. The average molecular weight is 268 g/mol. The highest BCUT2D eigenvalue weighted by Gasteiger charge is 2.18. The smallest absolute Gasteiger partial charge is 0.265 e. The van der Waals surface area contributed by atoms with Crippen LogP contribution in [0.1, 0.15) is 18.5 Å². The molecule has 0 fully saturated rings. The van der Waals surface area contributed by atoms with Gasteiger partial charge in [0.05, 0.1) is 0 Å². The zero-order chi connectivity index (χ0) is 13.0. The summed E-state index contributed by atoms with van der Waals surface area (Å²) in [5, 5.41) is 11.9. The van der Waals surface area contributed by atoms with Crippen molar-refractivity contribution in [3.63, 3.8) is 0 Å². The van der Waals surface area contributed by atoms with Crippen molar-refractivity contribution in [3.8, 4) is 0 Å². The number of halogens is 4. The van der Waals surface area contributed by atoms with E-state index in [0.717, 1.165) is 6.07 Å². The van der Waals surface area contributed by atoms with Gasteiger partial charge in [-0.1, -0.05) is 17.7 Å². The van der Waals surface area contributed by atoms with E-state index in [-0.39, 0.29) is 17.6 Å². The zero-order valence-electron chi connectivity index (χ0n) is 9.13. The van der Waals surface area contributed by atoms with Crippen LogP contribution in [0, 0.1) is 5.82 Å². The van der Waals surface area contributed by atoms with Crippen molar-refractivity contribution in [2.75, 3.05) is 6.54 Å². The molecule has 0 heterocycles. The Labute approximate surface area is 102 Å². The Morgan fingerprint density at radius 3 is 2.59 bits per heavy atom. The van der Waals surface area contributed by atoms with E-state index in [9.17, 15) is 13.2 Å². The van der Waals surface area contributed by atoms with Crippen LogP contribution in [0.2, 0.25) is 5.02 Å². The van der Waals surface area contributed by atoms with Gasteiger partial charge in [0.15, 0.2) is 0 Å². The molecule has 17 heavy (non-hydrogen) atoms. The number of benzene rings is 1. The third-order valence-electron chi connectivity index (χ3n) is 2.35. The molecule has 96 valence electrons. The fourth-order valence-corrected chi connectivity index (χ4v) is 1.68. The molecule has 0 aromatic heterocycles. The highest BCUT2D eigenvalue weighted by molar-refractivity contribution is 6.31. The van der Waals surface area contributed by atoms with Gasteiger partial charge in [-0.2, -0.15) is 0 Å². The third-order valence-corrected chi connectivity index (χ3v) is 2.68. The molecule has 1 rings (SSSR count). The summed E-state index contributed by atoms with van der Waals surface area (Å²) in [4.78, 5) is 0. The summed E-state index contributed by atoms with van der Waals surface area (Å²) in [5.74, 6) is -0.460. The molecule has 0 spiro atoms. The minimum Gasteiger partial charge on any atom is -0.386 e. The molecule has 0 saturated heterocycles.